The molecule has 0 radical (unpaired) electrons. The number of nitrogens with one attached hydrogen (secondary N) is 1. The summed E-state index contributed by atoms with van der Waals surface area (Å²) < 4.78 is 5.63. The molecule has 0 bridgehead atoms. The van der Waals surface area contributed by atoms with E-state index in [1.165, 1.54) is 0 Å². The topological polar surface area (TPSA) is 79.0 Å². The fourth-order valence-electron chi connectivity index (χ4n) is 4.29. The van der Waals surface area contributed by atoms with Crippen molar-refractivity contribution in [2.24, 2.45) is 11.8 Å². The van der Waals surface area contributed by atoms with Gasteiger partial charge in [0.2, 0.25) is 11.8 Å². The molecule has 3 aliphatic rings. The summed E-state index contributed by atoms with van der Waals surface area (Å²) in [5.74, 6) is 0.993. The van der Waals surface area contributed by atoms with Crippen LogP contribution in [0.2, 0.25) is 0 Å². The number of amides is 3. The molecule has 2 heterocycles. The van der Waals surface area contributed by atoms with E-state index in [0.717, 1.165) is 31.2 Å². The van der Waals surface area contributed by atoms with Crippen molar-refractivity contribution in [3.63, 3.8) is 0 Å². The van der Waals surface area contributed by atoms with Gasteiger partial charge in [-0.05, 0) is 56.2 Å². The monoisotopic (exact) mass is 413 g/mol. The molecule has 1 aliphatic carbocycles. The molecule has 1 aromatic rings. The van der Waals surface area contributed by atoms with Crippen LogP contribution < -0.4 is 10.1 Å². The third-order valence-corrected chi connectivity index (χ3v) is 6.31. The van der Waals surface area contributed by atoms with E-state index in [1.807, 2.05) is 41.0 Å². The third-order valence-electron chi connectivity index (χ3n) is 6.31. The zero-order valence-electron chi connectivity index (χ0n) is 17.6. The summed E-state index contributed by atoms with van der Waals surface area (Å²) in [5, 5.41) is 3.01. The lowest BCUT2D eigenvalue weighted by molar-refractivity contribution is -0.135. The Bertz CT molecular complexity index is 799. The highest BCUT2D eigenvalue weighted by atomic mass is 16.5. The van der Waals surface area contributed by atoms with Crippen LogP contribution in [-0.2, 0) is 14.4 Å². The molecular weight excluding hydrogens is 382 g/mol. The van der Waals surface area contributed by atoms with E-state index in [9.17, 15) is 14.4 Å². The van der Waals surface area contributed by atoms with Gasteiger partial charge in [0.1, 0.15) is 5.75 Å². The Labute approximate surface area is 177 Å². The molecule has 7 nitrogen and oxygen atoms in total. The second-order valence-corrected chi connectivity index (χ2v) is 8.91. The molecule has 0 aromatic heterocycles. The van der Waals surface area contributed by atoms with Gasteiger partial charge in [0, 0.05) is 38.6 Å². The minimum atomic E-state index is -0.210. The maximum absolute atomic E-state index is 12.5. The van der Waals surface area contributed by atoms with E-state index in [4.69, 9.17) is 4.74 Å². The van der Waals surface area contributed by atoms with Crippen molar-refractivity contribution in [3.05, 3.63) is 29.8 Å². The highest BCUT2D eigenvalue weighted by molar-refractivity contribution is 5.89. The van der Waals surface area contributed by atoms with E-state index >= 15 is 0 Å². The predicted octanol–water partition coefficient (Wildman–Crippen LogP) is 1.74. The summed E-state index contributed by atoms with van der Waals surface area (Å²) in [6, 6.07) is 8.02. The van der Waals surface area contributed by atoms with Crippen molar-refractivity contribution in [2.45, 2.75) is 45.1 Å². The van der Waals surface area contributed by atoms with E-state index in [1.54, 1.807) is 0 Å². The van der Waals surface area contributed by atoms with Crippen LogP contribution in [0.15, 0.2) is 24.3 Å². The van der Waals surface area contributed by atoms with Crippen LogP contribution >= 0.6 is 0 Å². The second kappa shape index (κ2) is 9.06. The van der Waals surface area contributed by atoms with Gasteiger partial charge in [0.25, 0.3) is 5.91 Å². The lowest BCUT2D eigenvalue weighted by Crippen LogP contribution is -2.43. The summed E-state index contributed by atoms with van der Waals surface area (Å²) in [6.45, 7) is 4.64. The molecule has 1 saturated carbocycles. The van der Waals surface area contributed by atoms with Crippen LogP contribution in [0, 0.1) is 18.8 Å². The van der Waals surface area contributed by atoms with Gasteiger partial charge in [-0.1, -0.05) is 12.1 Å². The predicted molar refractivity (Wildman–Crippen MR) is 112 cm³/mol. The van der Waals surface area contributed by atoms with Gasteiger partial charge in [-0.15, -0.1) is 0 Å². The number of carbonyl (C=O) groups excluding carboxylic acids is 3. The number of ether oxygens (including phenoxy) is 1. The molecule has 1 atom stereocenters. The Balaban J connectivity index is 1.18. The van der Waals surface area contributed by atoms with Gasteiger partial charge in [-0.25, -0.2) is 0 Å². The van der Waals surface area contributed by atoms with E-state index < -0.39 is 0 Å². The van der Waals surface area contributed by atoms with E-state index in [2.05, 4.69) is 5.32 Å². The lowest BCUT2D eigenvalue weighted by atomic mass is 9.96. The molecule has 3 amide bonds. The van der Waals surface area contributed by atoms with Crippen LogP contribution in [0.5, 0.6) is 5.75 Å². The maximum atomic E-state index is 12.5. The summed E-state index contributed by atoms with van der Waals surface area (Å²) in [5.41, 5.74) is 1.10. The fraction of sp³-hybridized carbons (Fsp3) is 0.609. The number of aryl methyl sites for hydroxylation is 1. The average molecular weight is 414 g/mol. The van der Waals surface area contributed by atoms with Crippen molar-refractivity contribution >= 4 is 17.7 Å². The molecule has 7 heteroatoms. The van der Waals surface area contributed by atoms with Gasteiger partial charge in [-0.2, -0.15) is 0 Å². The number of hydrogen-bond acceptors (Lipinski definition) is 4. The first-order valence-electron chi connectivity index (χ1n) is 11.0. The first-order chi connectivity index (χ1) is 14.5. The Morgan fingerprint density at radius 3 is 2.63 bits per heavy atom. The van der Waals surface area contributed by atoms with Gasteiger partial charge < -0.3 is 19.9 Å². The molecule has 1 unspecified atom stereocenters. The molecule has 1 aromatic carbocycles. The Kier molecular flexibility index (Phi) is 6.25. The third kappa shape index (κ3) is 5.32. The number of piperidine rings is 1. The van der Waals surface area contributed by atoms with E-state index in [-0.39, 0.29) is 30.2 Å². The smallest absolute Gasteiger partial charge is 0.260 e. The number of likely N-dealkylation sites (tertiary alicyclic amines) is 2. The zero-order valence-corrected chi connectivity index (χ0v) is 17.6. The minimum Gasteiger partial charge on any atom is -0.484 e. The molecule has 30 heavy (non-hydrogen) atoms. The van der Waals surface area contributed by atoms with Crippen molar-refractivity contribution in [2.75, 3.05) is 32.8 Å². The molecular formula is C23H31N3O4. The van der Waals surface area contributed by atoms with Gasteiger partial charge >= 0.3 is 0 Å². The number of benzene rings is 1. The largest absolute Gasteiger partial charge is 0.484 e. The van der Waals surface area contributed by atoms with Crippen molar-refractivity contribution < 1.29 is 19.1 Å². The highest BCUT2D eigenvalue weighted by Crippen LogP contribution is 2.26. The molecule has 3 fully saturated rings. The number of rotatable bonds is 7. The van der Waals surface area contributed by atoms with Gasteiger partial charge in [0.15, 0.2) is 6.61 Å². The van der Waals surface area contributed by atoms with Crippen LogP contribution in [0.1, 0.15) is 37.7 Å². The average Bonchev–Trinajstić information content (AvgIpc) is 3.48. The maximum Gasteiger partial charge on any atom is 0.260 e. The van der Waals surface area contributed by atoms with Gasteiger partial charge in [-0.3, -0.25) is 14.4 Å². The van der Waals surface area contributed by atoms with E-state index in [0.29, 0.717) is 50.3 Å². The molecule has 4 rings (SSSR count). The van der Waals surface area contributed by atoms with Crippen molar-refractivity contribution in [3.8, 4) is 5.75 Å². The van der Waals surface area contributed by atoms with Crippen molar-refractivity contribution in [1.82, 2.24) is 15.1 Å². The fourth-order valence-corrected chi connectivity index (χ4v) is 4.29. The number of carbonyl (C=O) groups is 3. The number of hydrogen-bond donors (Lipinski definition) is 1. The van der Waals surface area contributed by atoms with Crippen LogP contribution in [0.3, 0.4) is 0 Å². The standard InChI is InChI=1S/C23H31N3O4/c1-16-3-2-4-20(11-16)30-15-22(28)25-9-7-17(8-10-25)13-26-14-18(12-21(26)27)23(29)24-19-5-6-19/h2-4,11,17-19H,5-10,12-15H2,1H3,(H,24,29). The summed E-state index contributed by atoms with van der Waals surface area (Å²) in [4.78, 5) is 40.7. The second-order valence-electron chi connectivity index (χ2n) is 8.91. The summed E-state index contributed by atoms with van der Waals surface area (Å²) >= 11 is 0. The Morgan fingerprint density at radius 2 is 1.93 bits per heavy atom. The van der Waals surface area contributed by atoms with Crippen molar-refractivity contribution in [1.29, 1.82) is 0 Å². The Morgan fingerprint density at radius 1 is 1.17 bits per heavy atom. The van der Waals surface area contributed by atoms with Crippen LogP contribution in [0.25, 0.3) is 0 Å². The first-order valence-corrected chi connectivity index (χ1v) is 11.0. The molecule has 1 N–H and O–H groups in total. The molecule has 2 aliphatic heterocycles. The van der Waals surface area contributed by atoms with Crippen LogP contribution in [-0.4, -0.2) is 66.3 Å². The lowest BCUT2D eigenvalue weighted by Gasteiger charge is -2.34. The van der Waals surface area contributed by atoms with Gasteiger partial charge in [0.05, 0.1) is 5.92 Å². The molecule has 0 spiro atoms. The quantitative estimate of drug-likeness (QED) is 0.739. The minimum absolute atomic E-state index is 0.00372. The Hall–Kier alpha value is -2.57. The SMILES string of the molecule is Cc1cccc(OCC(=O)N2CCC(CN3CC(C(=O)NC4CC4)CC3=O)CC2)c1. The zero-order chi connectivity index (χ0) is 21.1. The summed E-state index contributed by atoms with van der Waals surface area (Å²) in [6.07, 6.45) is 4.19. The normalized spacial score (nSPS) is 22.3. The first kappa shape index (κ1) is 20.7. The number of nitrogens with zero attached hydrogens (tertiary/aromatic N) is 2. The summed E-state index contributed by atoms with van der Waals surface area (Å²) in [7, 11) is 0. The molecule has 162 valence electrons. The molecule has 2 saturated heterocycles. The highest BCUT2D eigenvalue weighted by Gasteiger charge is 2.37. The van der Waals surface area contributed by atoms with Crippen LogP contribution in [0.4, 0.5) is 0 Å².